The molecule has 0 atom stereocenters. The molecule has 4 heteroatoms. The fourth-order valence-corrected chi connectivity index (χ4v) is 1.63. The van der Waals surface area contributed by atoms with Crippen LogP contribution in [0, 0.1) is 6.92 Å². The van der Waals surface area contributed by atoms with Crippen molar-refractivity contribution in [2.45, 2.75) is 6.92 Å². The maximum atomic E-state index is 5.56. The van der Waals surface area contributed by atoms with E-state index in [9.17, 15) is 0 Å². The van der Waals surface area contributed by atoms with E-state index in [1.165, 1.54) is 5.56 Å². The molecule has 0 saturated heterocycles. The molecule has 0 unspecified atom stereocenters. The molecule has 3 nitrogen and oxygen atoms in total. The van der Waals surface area contributed by atoms with Gasteiger partial charge in [-0.3, -0.25) is 0 Å². The highest BCUT2D eigenvalue weighted by Crippen LogP contribution is 2.32. The van der Waals surface area contributed by atoms with Crippen molar-refractivity contribution in [1.82, 2.24) is 5.16 Å². The number of aryl methyl sites for hydroxylation is 1. The van der Waals surface area contributed by atoms with Gasteiger partial charge in [0.15, 0.2) is 11.6 Å². The lowest BCUT2D eigenvalue weighted by molar-refractivity contribution is 0.435. The number of nitrogens with two attached hydrogens (primary N) is 1. The lowest BCUT2D eigenvalue weighted by Crippen LogP contribution is -1.83. The van der Waals surface area contributed by atoms with Crippen LogP contribution >= 0.6 is 15.9 Å². The van der Waals surface area contributed by atoms with Gasteiger partial charge in [-0.1, -0.05) is 28.9 Å². The van der Waals surface area contributed by atoms with E-state index in [4.69, 9.17) is 10.3 Å². The van der Waals surface area contributed by atoms with E-state index in [0.717, 1.165) is 5.56 Å². The van der Waals surface area contributed by atoms with Crippen LogP contribution < -0.4 is 5.73 Å². The SMILES string of the molecule is Cc1cccc(-c2onc(N)c2Br)c1. The molecule has 1 heterocycles. The number of rotatable bonds is 1. The highest BCUT2D eigenvalue weighted by molar-refractivity contribution is 9.10. The van der Waals surface area contributed by atoms with Gasteiger partial charge in [-0.05, 0) is 28.9 Å². The van der Waals surface area contributed by atoms with Crippen molar-refractivity contribution < 1.29 is 4.52 Å². The van der Waals surface area contributed by atoms with Gasteiger partial charge in [0.05, 0.1) is 0 Å². The molecular weight excluding hydrogens is 244 g/mol. The summed E-state index contributed by atoms with van der Waals surface area (Å²) in [6.45, 7) is 2.02. The summed E-state index contributed by atoms with van der Waals surface area (Å²) in [6, 6.07) is 7.97. The van der Waals surface area contributed by atoms with Crippen LogP contribution in [0.4, 0.5) is 5.82 Å². The van der Waals surface area contributed by atoms with Crippen molar-refractivity contribution in [2.75, 3.05) is 5.73 Å². The molecule has 0 saturated carbocycles. The maximum Gasteiger partial charge on any atom is 0.183 e. The van der Waals surface area contributed by atoms with Gasteiger partial charge in [0.25, 0.3) is 0 Å². The summed E-state index contributed by atoms with van der Waals surface area (Å²) in [6.07, 6.45) is 0. The highest BCUT2D eigenvalue weighted by Gasteiger charge is 2.12. The zero-order chi connectivity index (χ0) is 10.1. The summed E-state index contributed by atoms with van der Waals surface area (Å²) in [5.74, 6) is 1.05. The Balaban J connectivity index is 2.55. The molecule has 0 bridgehead atoms. The van der Waals surface area contributed by atoms with Crippen LogP contribution in [0.2, 0.25) is 0 Å². The molecule has 0 aliphatic rings. The van der Waals surface area contributed by atoms with Crippen molar-refractivity contribution >= 4 is 21.7 Å². The van der Waals surface area contributed by atoms with Crippen LogP contribution in [0.25, 0.3) is 11.3 Å². The van der Waals surface area contributed by atoms with E-state index in [2.05, 4.69) is 21.1 Å². The lowest BCUT2D eigenvalue weighted by Gasteiger charge is -1.97. The molecule has 72 valence electrons. The minimum Gasteiger partial charge on any atom is -0.380 e. The summed E-state index contributed by atoms with van der Waals surface area (Å²) >= 11 is 3.33. The quantitative estimate of drug-likeness (QED) is 0.849. The van der Waals surface area contributed by atoms with Gasteiger partial charge < -0.3 is 10.3 Å². The normalized spacial score (nSPS) is 10.4. The smallest absolute Gasteiger partial charge is 0.183 e. The van der Waals surface area contributed by atoms with E-state index in [1.807, 2.05) is 31.2 Å². The molecule has 0 amide bonds. The van der Waals surface area contributed by atoms with Crippen molar-refractivity contribution in [3.63, 3.8) is 0 Å². The van der Waals surface area contributed by atoms with Crippen LogP contribution in [0.5, 0.6) is 0 Å². The van der Waals surface area contributed by atoms with Gasteiger partial charge in [-0.2, -0.15) is 0 Å². The number of aromatic nitrogens is 1. The Labute approximate surface area is 90.0 Å². The molecule has 1 aromatic heterocycles. The predicted molar refractivity (Wildman–Crippen MR) is 58.8 cm³/mol. The Kier molecular flexibility index (Phi) is 2.29. The number of anilines is 1. The van der Waals surface area contributed by atoms with Gasteiger partial charge in [-0.15, -0.1) is 0 Å². The molecular formula is C10H9BrN2O. The molecule has 2 N–H and O–H groups in total. The van der Waals surface area contributed by atoms with E-state index in [-0.39, 0.29) is 0 Å². The minimum absolute atomic E-state index is 0.376. The third kappa shape index (κ3) is 1.53. The first-order chi connectivity index (χ1) is 6.68. The maximum absolute atomic E-state index is 5.56. The second kappa shape index (κ2) is 3.46. The number of hydrogen-bond acceptors (Lipinski definition) is 3. The Bertz CT molecular complexity index is 465. The van der Waals surface area contributed by atoms with Crippen LogP contribution in [0.1, 0.15) is 5.56 Å². The zero-order valence-electron chi connectivity index (χ0n) is 7.62. The summed E-state index contributed by atoms with van der Waals surface area (Å²) in [7, 11) is 0. The number of hydrogen-bond donors (Lipinski definition) is 1. The van der Waals surface area contributed by atoms with E-state index in [0.29, 0.717) is 16.1 Å². The van der Waals surface area contributed by atoms with Crippen molar-refractivity contribution in [2.24, 2.45) is 0 Å². The summed E-state index contributed by atoms with van der Waals surface area (Å²) in [5, 5.41) is 3.68. The van der Waals surface area contributed by atoms with E-state index < -0.39 is 0 Å². The second-order valence-electron chi connectivity index (χ2n) is 3.08. The molecule has 1 aromatic carbocycles. The van der Waals surface area contributed by atoms with Crippen LogP contribution in [0.3, 0.4) is 0 Å². The first-order valence-electron chi connectivity index (χ1n) is 4.16. The summed E-state index contributed by atoms with van der Waals surface area (Å²) in [5.41, 5.74) is 7.71. The average molecular weight is 253 g/mol. The van der Waals surface area contributed by atoms with Gasteiger partial charge in [0, 0.05) is 5.56 Å². The Morgan fingerprint density at radius 1 is 1.43 bits per heavy atom. The number of nitrogens with zero attached hydrogens (tertiary/aromatic N) is 1. The van der Waals surface area contributed by atoms with Gasteiger partial charge in [-0.25, -0.2) is 0 Å². The van der Waals surface area contributed by atoms with Crippen LogP contribution in [-0.2, 0) is 0 Å². The molecule has 0 spiro atoms. The fourth-order valence-electron chi connectivity index (χ4n) is 1.26. The van der Waals surface area contributed by atoms with Gasteiger partial charge in [0.1, 0.15) is 4.47 Å². The Morgan fingerprint density at radius 2 is 2.21 bits per heavy atom. The number of nitrogen functional groups attached to an aromatic ring is 1. The van der Waals surface area contributed by atoms with E-state index in [1.54, 1.807) is 0 Å². The highest BCUT2D eigenvalue weighted by atomic mass is 79.9. The lowest BCUT2D eigenvalue weighted by atomic mass is 10.1. The van der Waals surface area contributed by atoms with E-state index >= 15 is 0 Å². The third-order valence-electron chi connectivity index (χ3n) is 1.94. The number of halogens is 1. The van der Waals surface area contributed by atoms with Gasteiger partial charge >= 0.3 is 0 Å². The standard InChI is InChI=1S/C10H9BrN2O/c1-6-3-2-4-7(5-6)9-8(11)10(12)13-14-9/h2-5H,1H3,(H2,12,13). The predicted octanol–water partition coefficient (Wildman–Crippen LogP) is 2.99. The topological polar surface area (TPSA) is 52.0 Å². The molecule has 0 fully saturated rings. The number of benzene rings is 1. The molecule has 2 aromatic rings. The molecule has 0 aliphatic carbocycles. The molecule has 0 radical (unpaired) electrons. The average Bonchev–Trinajstić information content (AvgIpc) is 2.48. The van der Waals surface area contributed by atoms with Crippen molar-refractivity contribution in [1.29, 1.82) is 0 Å². The molecule has 0 aliphatic heterocycles. The van der Waals surface area contributed by atoms with Crippen LogP contribution in [-0.4, -0.2) is 5.16 Å². The second-order valence-corrected chi connectivity index (χ2v) is 3.87. The minimum atomic E-state index is 0.376. The Hall–Kier alpha value is -1.29. The monoisotopic (exact) mass is 252 g/mol. The van der Waals surface area contributed by atoms with Gasteiger partial charge in [0.2, 0.25) is 0 Å². The fraction of sp³-hybridized carbons (Fsp3) is 0.100. The van der Waals surface area contributed by atoms with Crippen molar-refractivity contribution in [3.8, 4) is 11.3 Å². The summed E-state index contributed by atoms with van der Waals surface area (Å²) in [4.78, 5) is 0. The zero-order valence-corrected chi connectivity index (χ0v) is 9.21. The first kappa shape index (κ1) is 9.27. The van der Waals surface area contributed by atoms with Crippen molar-refractivity contribution in [3.05, 3.63) is 34.3 Å². The Morgan fingerprint density at radius 3 is 2.79 bits per heavy atom. The molecule has 14 heavy (non-hydrogen) atoms. The summed E-state index contributed by atoms with van der Waals surface area (Å²) < 4.78 is 5.83. The largest absolute Gasteiger partial charge is 0.380 e. The first-order valence-corrected chi connectivity index (χ1v) is 4.95. The van der Waals surface area contributed by atoms with Crippen LogP contribution in [0.15, 0.2) is 33.3 Å². The molecule has 2 rings (SSSR count). The third-order valence-corrected chi connectivity index (χ3v) is 2.71.